The van der Waals surface area contributed by atoms with Crippen molar-refractivity contribution in [3.63, 3.8) is 0 Å². The number of carbonyl (C=O) groups excluding carboxylic acids is 1. The Labute approximate surface area is 132 Å². The van der Waals surface area contributed by atoms with Crippen molar-refractivity contribution < 1.29 is 4.79 Å². The van der Waals surface area contributed by atoms with E-state index in [0.29, 0.717) is 5.56 Å². The van der Waals surface area contributed by atoms with Crippen LogP contribution in [0.5, 0.6) is 0 Å². The molecule has 0 unspecified atom stereocenters. The zero-order valence-corrected chi connectivity index (χ0v) is 13.4. The topological polar surface area (TPSA) is 54.0 Å². The van der Waals surface area contributed by atoms with Crippen molar-refractivity contribution in [3.8, 4) is 0 Å². The van der Waals surface area contributed by atoms with E-state index in [1.54, 1.807) is 12.4 Å². The molecule has 116 valence electrons. The molecule has 0 saturated carbocycles. The van der Waals surface area contributed by atoms with E-state index in [-0.39, 0.29) is 5.91 Å². The van der Waals surface area contributed by atoms with Crippen LogP contribution in [0.3, 0.4) is 0 Å². The van der Waals surface area contributed by atoms with Gasteiger partial charge in [0.25, 0.3) is 5.91 Å². The van der Waals surface area contributed by atoms with E-state index in [2.05, 4.69) is 22.5 Å². The van der Waals surface area contributed by atoms with Crippen molar-refractivity contribution in [3.05, 3.63) is 53.3 Å². The lowest BCUT2D eigenvalue weighted by molar-refractivity contribution is 0.102. The third-order valence-electron chi connectivity index (χ3n) is 3.50. The molecule has 0 spiro atoms. The van der Waals surface area contributed by atoms with Crippen molar-refractivity contribution in [1.29, 1.82) is 0 Å². The summed E-state index contributed by atoms with van der Waals surface area (Å²) in [6.45, 7) is 7.03. The second-order valence-corrected chi connectivity index (χ2v) is 5.52. The average Bonchev–Trinajstić information content (AvgIpc) is 2.51. The lowest BCUT2D eigenvalue weighted by Crippen LogP contribution is -2.14. The van der Waals surface area contributed by atoms with E-state index in [0.717, 1.165) is 41.9 Å². The predicted molar refractivity (Wildman–Crippen MR) is 91.5 cm³/mol. The zero-order chi connectivity index (χ0) is 15.9. The molecule has 0 aliphatic rings. The minimum atomic E-state index is -0.139. The smallest absolute Gasteiger partial charge is 0.257 e. The number of nitrogens with one attached hydrogen (secondary N) is 2. The monoisotopic (exact) mass is 297 g/mol. The first kappa shape index (κ1) is 16.0. The summed E-state index contributed by atoms with van der Waals surface area (Å²) < 4.78 is 0. The number of pyridine rings is 1. The fourth-order valence-corrected chi connectivity index (χ4v) is 2.14. The quantitative estimate of drug-likeness (QED) is 0.787. The number of carbonyl (C=O) groups is 1. The zero-order valence-electron chi connectivity index (χ0n) is 13.4. The Morgan fingerprint density at radius 1 is 1.18 bits per heavy atom. The number of nitrogens with zero attached hydrogens (tertiary/aromatic N) is 1. The summed E-state index contributed by atoms with van der Waals surface area (Å²) in [6.07, 6.45) is 5.56. The molecular weight excluding hydrogens is 274 g/mol. The van der Waals surface area contributed by atoms with Gasteiger partial charge in [-0.15, -0.1) is 0 Å². The summed E-state index contributed by atoms with van der Waals surface area (Å²) in [6, 6.07) is 7.85. The standard InChI is InChI=1S/C18H23N3O/c1-4-5-8-20-16-10-15(11-19-12-16)18(22)21-17-9-13(2)6-7-14(17)3/h6-7,9-12,20H,4-5,8H2,1-3H3,(H,21,22). The third kappa shape index (κ3) is 4.32. The van der Waals surface area contributed by atoms with Crippen LogP contribution < -0.4 is 10.6 Å². The first-order chi connectivity index (χ1) is 10.6. The van der Waals surface area contributed by atoms with Gasteiger partial charge in [0.2, 0.25) is 0 Å². The van der Waals surface area contributed by atoms with Crippen LogP contribution in [0.25, 0.3) is 0 Å². The van der Waals surface area contributed by atoms with Crippen LogP contribution in [0.4, 0.5) is 11.4 Å². The summed E-state index contributed by atoms with van der Waals surface area (Å²) in [7, 11) is 0. The highest BCUT2D eigenvalue weighted by Gasteiger charge is 2.09. The molecule has 0 radical (unpaired) electrons. The first-order valence-corrected chi connectivity index (χ1v) is 7.67. The van der Waals surface area contributed by atoms with Crippen LogP contribution >= 0.6 is 0 Å². The second kappa shape index (κ2) is 7.59. The van der Waals surface area contributed by atoms with Gasteiger partial charge in [0.1, 0.15) is 0 Å². The Kier molecular flexibility index (Phi) is 5.53. The summed E-state index contributed by atoms with van der Waals surface area (Å²) in [5.41, 5.74) is 4.44. The maximum Gasteiger partial charge on any atom is 0.257 e. The van der Waals surface area contributed by atoms with Crippen LogP contribution in [-0.2, 0) is 0 Å². The van der Waals surface area contributed by atoms with Gasteiger partial charge in [-0.1, -0.05) is 25.5 Å². The Balaban J connectivity index is 2.09. The number of unbranched alkanes of at least 4 members (excludes halogenated alkanes) is 1. The highest BCUT2D eigenvalue weighted by molar-refractivity contribution is 6.05. The molecule has 0 aliphatic carbocycles. The molecule has 1 aromatic heterocycles. The van der Waals surface area contributed by atoms with Gasteiger partial charge in [-0.2, -0.15) is 0 Å². The molecule has 1 amide bonds. The van der Waals surface area contributed by atoms with Crippen LogP contribution in [0.15, 0.2) is 36.7 Å². The van der Waals surface area contributed by atoms with Gasteiger partial charge in [0.15, 0.2) is 0 Å². The number of hydrogen-bond donors (Lipinski definition) is 2. The van der Waals surface area contributed by atoms with Gasteiger partial charge in [-0.3, -0.25) is 9.78 Å². The molecule has 0 aliphatic heterocycles. The largest absolute Gasteiger partial charge is 0.384 e. The summed E-state index contributed by atoms with van der Waals surface area (Å²) in [5, 5.41) is 6.24. The number of anilines is 2. The number of amides is 1. The van der Waals surface area contributed by atoms with Gasteiger partial charge in [-0.05, 0) is 43.5 Å². The summed E-state index contributed by atoms with van der Waals surface area (Å²) in [5.74, 6) is -0.139. The molecule has 0 fully saturated rings. The fourth-order valence-electron chi connectivity index (χ4n) is 2.14. The maximum absolute atomic E-state index is 12.4. The molecule has 4 nitrogen and oxygen atoms in total. The van der Waals surface area contributed by atoms with Crippen LogP contribution in [0.2, 0.25) is 0 Å². The van der Waals surface area contributed by atoms with Gasteiger partial charge >= 0.3 is 0 Å². The molecule has 1 aromatic carbocycles. The Morgan fingerprint density at radius 3 is 2.77 bits per heavy atom. The van der Waals surface area contributed by atoms with E-state index in [1.807, 2.05) is 38.1 Å². The average molecular weight is 297 g/mol. The Morgan fingerprint density at radius 2 is 2.00 bits per heavy atom. The molecule has 0 saturated heterocycles. The van der Waals surface area contributed by atoms with E-state index < -0.39 is 0 Å². The fraction of sp³-hybridized carbons (Fsp3) is 0.333. The van der Waals surface area contributed by atoms with Gasteiger partial charge in [-0.25, -0.2) is 0 Å². The van der Waals surface area contributed by atoms with Crippen molar-refractivity contribution in [2.75, 3.05) is 17.2 Å². The predicted octanol–water partition coefficient (Wildman–Crippen LogP) is 4.16. The minimum Gasteiger partial charge on any atom is -0.384 e. The van der Waals surface area contributed by atoms with Crippen LogP contribution in [-0.4, -0.2) is 17.4 Å². The Hall–Kier alpha value is -2.36. The van der Waals surface area contributed by atoms with Crippen molar-refractivity contribution in [2.24, 2.45) is 0 Å². The van der Waals surface area contributed by atoms with Gasteiger partial charge < -0.3 is 10.6 Å². The number of aromatic nitrogens is 1. The molecule has 4 heteroatoms. The molecule has 2 aromatic rings. The second-order valence-electron chi connectivity index (χ2n) is 5.52. The van der Waals surface area contributed by atoms with Gasteiger partial charge in [0, 0.05) is 24.6 Å². The van der Waals surface area contributed by atoms with Crippen molar-refractivity contribution >= 4 is 17.3 Å². The molecule has 0 bridgehead atoms. The van der Waals surface area contributed by atoms with Crippen molar-refractivity contribution in [2.45, 2.75) is 33.6 Å². The van der Waals surface area contributed by atoms with Crippen molar-refractivity contribution in [1.82, 2.24) is 4.98 Å². The number of rotatable bonds is 6. The molecule has 22 heavy (non-hydrogen) atoms. The molecule has 1 heterocycles. The molecule has 2 rings (SSSR count). The van der Waals surface area contributed by atoms with Crippen LogP contribution in [0, 0.1) is 13.8 Å². The highest BCUT2D eigenvalue weighted by atomic mass is 16.1. The van der Waals surface area contributed by atoms with Gasteiger partial charge in [0.05, 0.1) is 11.3 Å². The van der Waals surface area contributed by atoms with E-state index in [4.69, 9.17) is 0 Å². The minimum absolute atomic E-state index is 0.139. The molecule has 2 N–H and O–H groups in total. The lowest BCUT2D eigenvalue weighted by atomic mass is 10.1. The highest BCUT2D eigenvalue weighted by Crippen LogP contribution is 2.18. The molecular formula is C18H23N3O. The number of aryl methyl sites for hydroxylation is 2. The normalized spacial score (nSPS) is 10.3. The summed E-state index contributed by atoms with van der Waals surface area (Å²) in [4.78, 5) is 16.5. The Bertz CT molecular complexity index is 653. The lowest BCUT2D eigenvalue weighted by Gasteiger charge is -2.10. The van der Waals surface area contributed by atoms with E-state index >= 15 is 0 Å². The SMILES string of the molecule is CCCCNc1cncc(C(=O)Nc2cc(C)ccc2C)c1. The first-order valence-electron chi connectivity index (χ1n) is 7.67. The third-order valence-corrected chi connectivity index (χ3v) is 3.50. The number of hydrogen-bond acceptors (Lipinski definition) is 3. The van der Waals surface area contributed by atoms with Crippen LogP contribution in [0.1, 0.15) is 41.3 Å². The van der Waals surface area contributed by atoms with E-state index in [1.165, 1.54) is 0 Å². The summed E-state index contributed by atoms with van der Waals surface area (Å²) >= 11 is 0. The molecule has 0 atom stereocenters. The van der Waals surface area contributed by atoms with E-state index in [9.17, 15) is 4.79 Å². The number of benzene rings is 1. The maximum atomic E-state index is 12.4.